The largest absolute Gasteiger partial charge is 0.329 e. The zero-order valence-corrected chi connectivity index (χ0v) is 11.5. The quantitative estimate of drug-likeness (QED) is 0.838. The number of carbonyl (C=O) groups excluding carboxylic acids is 1. The van der Waals surface area contributed by atoms with Gasteiger partial charge in [-0.3, -0.25) is 9.78 Å². The summed E-state index contributed by atoms with van der Waals surface area (Å²) in [5.41, 5.74) is 1.01. The molecular formula is C15H16N2OS. The number of pyridine rings is 1. The lowest BCUT2D eigenvalue weighted by Gasteiger charge is -2.35. The number of rotatable bonds is 2. The van der Waals surface area contributed by atoms with Crippen LogP contribution in [0.3, 0.4) is 0 Å². The van der Waals surface area contributed by atoms with Crippen molar-refractivity contribution in [2.75, 3.05) is 6.54 Å². The fourth-order valence-electron chi connectivity index (χ4n) is 2.60. The fourth-order valence-corrected chi connectivity index (χ4v) is 3.28. The number of hydrogen-bond acceptors (Lipinski definition) is 3. The lowest BCUT2D eigenvalue weighted by molar-refractivity contribution is 0.0611. The summed E-state index contributed by atoms with van der Waals surface area (Å²) in [5, 5.41) is 1.95. The molecule has 0 bridgehead atoms. The van der Waals surface area contributed by atoms with Crippen LogP contribution in [-0.4, -0.2) is 22.3 Å². The van der Waals surface area contributed by atoms with Crippen molar-refractivity contribution < 1.29 is 4.79 Å². The molecule has 0 spiro atoms. The maximum absolute atomic E-state index is 12.6. The number of amides is 1. The van der Waals surface area contributed by atoms with Crippen LogP contribution in [0.4, 0.5) is 0 Å². The summed E-state index contributed by atoms with van der Waals surface area (Å²) in [5.74, 6) is 0.144. The van der Waals surface area contributed by atoms with Crippen LogP contribution in [0.2, 0.25) is 0 Å². The van der Waals surface area contributed by atoms with Crippen molar-refractivity contribution in [3.05, 3.63) is 52.5 Å². The molecule has 1 saturated heterocycles. The van der Waals surface area contributed by atoms with Crippen LogP contribution in [-0.2, 0) is 0 Å². The molecule has 3 heterocycles. The molecule has 98 valence electrons. The van der Waals surface area contributed by atoms with Gasteiger partial charge in [-0.05, 0) is 42.8 Å². The molecule has 3 nitrogen and oxygen atoms in total. The summed E-state index contributed by atoms with van der Waals surface area (Å²) in [6, 6.07) is 9.88. The number of thiophene rings is 1. The van der Waals surface area contributed by atoms with E-state index in [1.54, 1.807) is 6.20 Å². The van der Waals surface area contributed by atoms with E-state index in [1.807, 2.05) is 40.6 Å². The normalized spacial score (nSPS) is 19.4. The lowest BCUT2D eigenvalue weighted by Crippen LogP contribution is -2.38. The molecule has 1 aliphatic heterocycles. The molecule has 4 heteroatoms. The van der Waals surface area contributed by atoms with Gasteiger partial charge < -0.3 is 4.90 Å². The standard InChI is InChI=1S/C15H16N2OS/c18-15(14-8-5-11-19-14)17-10-4-2-7-13(17)12-6-1-3-9-16-12/h1,3,5-6,8-9,11,13H,2,4,7,10H2/t13-/m0/s1. The highest BCUT2D eigenvalue weighted by Crippen LogP contribution is 2.31. The highest BCUT2D eigenvalue weighted by Gasteiger charge is 2.29. The van der Waals surface area contributed by atoms with Crippen LogP contribution in [0, 0.1) is 0 Å². The van der Waals surface area contributed by atoms with Crippen molar-refractivity contribution in [2.24, 2.45) is 0 Å². The summed E-state index contributed by atoms with van der Waals surface area (Å²) < 4.78 is 0. The van der Waals surface area contributed by atoms with Gasteiger partial charge in [0.2, 0.25) is 0 Å². The van der Waals surface area contributed by atoms with E-state index in [0.29, 0.717) is 0 Å². The maximum Gasteiger partial charge on any atom is 0.264 e. The van der Waals surface area contributed by atoms with Gasteiger partial charge in [-0.1, -0.05) is 12.1 Å². The molecular weight excluding hydrogens is 256 g/mol. The Morgan fingerprint density at radius 1 is 1.26 bits per heavy atom. The molecule has 2 aromatic rings. The predicted octanol–water partition coefficient (Wildman–Crippen LogP) is 3.51. The minimum Gasteiger partial charge on any atom is -0.329 e. The van der Waals surface area contributed by atoms with Gasteiger partial charge in [-0.25, -0.2) is 0 Å². The van der Waals surface area contributed by atoms with Crippen LogP contribution in [0.1, 0.15) is 40.7 Å². The van der Waals surface area contributed by atoms with Gasteiger partial charge in [0.25, 0.3) is 5.91 Å². The SMILES string of the molecule is O=C(c1cccs1)N1CCCC[C@H]1c1ccccn1. The van der Waals surface area contributed by atoms with E-state index >= 15 is 0 Å². The van der Waals surface area contributed by atoms with E-state index in [1.165, 1.54) is 11.3 Å². The summed E-state index contributed by atoms with van der Waals surface area (Å²) in [6.45, 7) is 0.831. The minimum atomic E-state index is 0.129. The average molecular weight is 272 g/mol. The number of hydrogen-bond donors (Lipinski definition) is 0. The molecule has 0 aromatic carbocycles. The lowest BCUT2D eigenvalue weighted by atomic mass is 9.98. The number of nitrogens with zero attached hydrogens (tertiary/aromatic N) is 2. The molecule has 0 saturated carbocycles. The molecule has 1 amide bonds. The Morgan fingerprint density at radius 2 is 2.21 bits per heavy atom. The second-order valence-corrected chi connectivity index (χ2v) is 5.69. The molecule has 0 aliphatic carbocycles. The van der Waals surface area contributed by atoms with E-state index in [9.17, 15) is 4.79 Å². The molecule has 0 radical (unpaired) electrons. The zero-order chi connectivity index (χ0) is 13.1. The van der Waals surface area contributed by atoms with Gasteiger partial charge in [-0.2, -0.15) is 0 Å². The Morgan fingerprint density at radius 3 is 2.95 bits per heavy atom. The van der Waals surface area contributed by atoms with Crippen LogP contribution in [0.5, 0.6) is 0 Å². The number of piperidine rings is 1. The first-order valence-electron chi connectivity index (χ1n) is 6.61. The second-order valence-electron chi connectivity index (χ2n) is 4.74. The first kappa shape index (κ1) is 12.4. The van der Waals surface area contributed by atoms with Gasteiger partial charge in [0.15, 0.2) is 0 Å². The summed E-state index contributed by atoms with van der Waals surface area (Å²) in [6.07, 6.45) is 5.06. The van der Waals surface area contributed by atoms with Crippen molar-refractivity contribution in [1.82, 2.24) is 9.88 Å². The van der Waals surface area contributed by atoms with E-state index in [-0.39, 0.29) is 11.9 Å². The molecule has 19 heavy (non-hydrogen) atoms. The van der Waals surface area contributed by atoms with Crippen LogP contribution >= 0.6 is 11.3 Å². The third kappa shape index (κ3) is 2.54. The van der Waals surface area contributed by atoms with Crippen LogP contribution in [0.15, 0.2) is 41.9 Å². The second kappa shape index (κ2) is 5.53. The third-order valence-corrected chi connectivity index (χ3v) is 4.38. The predicted molar refractivity (Wildman–Crippen MR) is 76.2 cm³/mol. The molecule has 1 aliphatic rings. The smallest absolute Gasteiger partial charge is 0.264 e. The van der Waals surface area contributed by atoms with E-state index in [0.717, 1.165) is 36.4 Å². The van der Waals surface area contributed by atoms with E-state index in [4.69, 9.17) is 0 Å². The van der Waals surface area contributed by atoms with Gasteiger partial charge in [0.05, 0.1) is 16.6 Å². The van der Waals surface area contributed by atoms with Crippen molar-refractivity contribution in [2.45, 2.75) is 25.3 Å². The molecule has 1 atom stereocenters. The molecule has 0 unspecified atom stereocenters. The fraction of sp³-hybridized carbons (Fsp3) is 0.333. The van der Waals surface area contributed by atoms with E-state index in [2.05, 4.69) is 4.98 Å². The molecule has 0 N–H and O–H groups in total. The number of aromatic nitrogens is 1. The molecule has 2 aromatic heterocycles. The molecule has 3 rings (SSSR count). The Kier molecular flexibility index (Phi) is 3.60. The topological polar surface area (TPSA) is 33.2 Å². The highest BCUT2D eigenvalue weighted by molar-refractivity contribution is 7.12. The van der Waals surface area contributed by atoms with Gasteiger partial charge in [0, 0.05) is 12.7 Å². The first-order valence-corrected chi connectivity index (χ1v) is 7.49. The Balaban J connectivity index is 1.87. The van der Waals surface area contributed by atoms with Crippen molar-refractivity contribution in [3.63, 3.8) is 0 Å². The van der Waals surface area contributed by atoms with Gasteiger partial charge >= 0.3 is 0 Å². The summed E-state index contributed by atoms with van der Waals surface area (Å²) in [7, 11) is 0. The monoisotopic (exact) mass is 272 g/mol. The van der Waals surface area contributed by atoms with Gasteiger partial charge in [0.1, 0.15) is 0 Å². The van der Waals surface area contributed by atoms with Gasteiger partial charge in [-0.15, -0.1) is 11.3 Å². The first-order chi connectivity index (χ1) is 9.36. The van der Waals surface area contributed by atoms with Crippen LogP contribution < -0.4 is 0 Å². The summed E-state index contributed by atoms with van der Waals surface area (Å²) in [4.78, 5) is 19.8. The average Bonchev–Trinajstić information content (AvgIpc) is 3.02. The number of likely N-dealkylation sites (tertiary alicyclic amines) is 1. The minimum absolute atomic E-state index is 0.129. The Labute approximate surface area is 116 Å². The van der Waals surface area contributed by atoms with E-state index < -0.39 is 0 Å². The highest BCUT2D eigenvalue weighted by atomic mass is 32.1. The Bertz CT molecular complexity index is 539. The Hall–Kier alpha value is -1.68. The van der Waals surface area contributed by atoms with Crippen LogP contribution in [0.25, 0.3) is 0 Å². The maximum atomic E-state index is 12.6. The third-order valence-electron chi connectivity index (χ3n) is 3.52. The summed E-state index contributed by atoms with van der Waals surface area (Å²) >= 11 is 1.51. The van der Waals surface area contributed by atoms with Crippen molar-refractivity contribution in [1.29, 1.82) is 0 Å². The number of carbonyl (C=O) groups is 1. The zero-order valence-electron chi connectivity index (χ0n) is 10.7. The van der Waals surface area contributed by atoms with Crippen molar-refractivity contribution >= 4 is 17.2 Å². The molecule has 1 fully saturated rings. The van der Waals surface area contributed by atoms with Crippen molar-refractivity contribution in [3.8, 4) is 0 Å².